The Kier molecular flexibility index (Phi) is 3.86. The minimum absolute atomic E-state index is 0.167. The Labute approximate surface area is 87.8 Å². The van der Waals surface area contributed by atoms with Crippen LogP contribution in [0.5, 0.6) is 0 Å². The van der Waals surface area contributed by atoms with Gasteiger partial charge in [-0.1, -0.05) is 19.3 Å². The van der Waals surface area contributed by atoms with Crippen molar-refractivity contribution in [1.29, 1.82) is 0 Å². The molecule has 0 amide bonds. The van der Waals surface area contributed by atoms with Gasteiger partial charge in [0.2, 0.25) is 5.78 Å². The van der Waals surface area contributed by atoms with Gasteiger partial charge in [-0.3, -0.25) is 14.9 Å². The molecular weight excluding hydrogens is 206 g/mol. The van der Waals surface area contributed by atoms with Gasteiger partial charge in [0.05, 0.1) is 4.92 Å². The first-order valence-corrected chi connectivity index (χ1v) is 5.32. The van der Waals surface area contributed by atoms with E-state index in [1.807, 2.05) is 0 Å². The summed E-state index contributed by atoms with van der Waals surface area (Å²) in [7, 11) is 0. The van der Waals surface area contributed by atoms with Crippen LogP contribution < -0.4 is 0 Å². The summed E-state index contributed by atoms with van der Waals surface area (Å²) in [4.78, 5) is 19.7. The molecular formula is C9H14ClNO3. The van der Waals surface area contributed by atoms with Crippen LogP contribution in [0.25, 0.3) is 0 Å². The molecule has 0 aliphatic heterocycles. The summed E-state index contributed by atoms with van der Waals surface area (Å²) < 4.78 is 0. The second kappa shape index (κ2) is 4.73. The SMILES string of the molecule is O=C1CCCCCCCC1(Cl)[N+](=O)[O-]. The van der Waals surface area contributed by atoms with Crippen LogP contribution in [0.1, 0.15) is 44.9 Å². The quantitative estimate of drug-likeness (QED) is 0.295. The van der Waals surface area contributed by atoms with Gasteiger partial charge in [0.15, 0.2) is 0 Å². The topological polar surface area (TPSA) is 60.2 Å². The van der Waals surface area contributed by atoms with Gasteiger partial charge >= 0.3 is 5.00 Å². The van der Waals surface area contributed by atoms with Crippen molar-refractivity contribution >= 4 is 17.4 Å². The summed E-state index contributed by atoms with van der Waals surface area (Å²) >= 11 is 5.76. The molecule has 0 aromatic carbocycles. The molecule has 1 fully saturated rings. The smallest absolute Gasteiger partial charge is 0.290 e. The van der Waals surface area contributed by atoms with Gasteiger partial charge in [0.1, 0.15) is 0 Å². The third-order valence-electron chi connectivity index (χ3n) is 2.63. The van der Waals surface area contributed by atoms with Gasteiger partial charge in [-0.25, -0.2) is 0 Å². The van der Waals surface area contributed by atoms with Crippen molar-refractivity contribution in [3.63, 3.8) is 0 Å². The van der Waals surface area contributed by atoms with Gasteiger partial charge in [-0.05, 0) is 24.4 Å². The molecule has 1 atom stereocenters. The van der Waals surface area contributed by atoms with Gasteiger partial charge < -0.3 is 0 Å². The zero-order valence-electron chi connectivity index (χ0n) is 8.00. The third-order valence-corrected chi connectivity index (χ3v) is 3.17. The van der Waals surface area contributed by atoms with Crippen LogP contribution >= 0.6 is 11.6 Å². The van der Waals surface area contributed by atoms with Crippen LogP contribution in [-0.2, 0) is 4.79 Å². The normalized spacial score (nSPS) is 30.2. The lowest BCUT2D eigenvalue weighted by molar-refractivity contribution is -0.526. The fraction of sp³-hybridized carbons (Fsp3) is 0.889. The molecule has 0 saturated heterocycles. The number of ketones is 1. The highest BCUT2D eigenvalue weighted by molar-refractivity contribution is 6.33. The lowest BCUT2D eigenvalue weighted by Crippen LogP contribution is -2.40. The van der Waals surface area contributed by atoms with Gasteiger partial charge in [0.25, 0.3) is 0 Å². The number of alkyl halides is 1. The Balaban J connectivity index is 2.76. The summed E-state index contributed by atoms with van der Waals surface area (Å²) in [6.45, 7) is 0. The molecule has 1 aliphatic carbocycles. The van der Waals surface area contributed by atoms with Gasteiger partial charge in [-0.15, -0.1) is 0 Å². The monoisotopic (exact) mass is 219 g/mol. The maximum Gasteiger partial charge on any atom is 0.352 e. The summed E-state index contributed by atoms with van der Waals surface area (Å²) in [6, 6.07) is 0. The number of halogens is 1. The Morgan fingerprint density at radius 2 is 1.79 bits per heavy atom. The highest BCUT2D eigenvalue weighted by atomic mass is 35.5. The molecule has 4 nitrogen and oxygen atoms in total. The van der Waals surface area contributed by atoms with E-state index in [0.29, 0.717) is 6.42 Å². The Bertz CT molecular complexity index is 244. The average molecular weight is 220 g/mol. The van der Waals surface area contributed by atoms with Crippen molar-refractivity contribution in [2.75, 3.05) is 0 Å². The Morgan fingerprint density at radius 1 is 1.21 bits per heavy atom. The van der Waals surface area contributed by atoms with Crippen molar-refractivity contribution in [2.24, 2.45) is 0 Å². The number of Topliss-reactive ketones (excluding diaryl/α,β-unsaturated/α-hetero) is 1. The van der Waals surface area contributed by atoms with Gasteiger partial charge in [0, 0.05) is 12.8 Å². The fourth-order valence-electron chi connectivity index (χ4n) is 1.70. The molecule has 0 bridgehead atoms. The molecule has 0 spiro atoms. The molecule has 0 heterocycles. The molecule has 1 saturated carbocycles. The predicted octanol–water partition coefficient (Wildman–Crippen LogP) is 2.51. The van der Waals surface area contributed by atoms with Crippen LogP contribution in [0.2, 0.25) is 0 Å². The van der Waals surface area contributed by atoms with Crippen LogP contribution in [0.3, 0.4) is 0 Å². The van der Waals surface area contributed by atoms with E-state index in [1.165, 1.54) is 0 Å². The summed E-state index contributed by atoms with van der Waals surface area (Å²) in [5, 5.41) is 10.7. The van der Waals surface area contributed by atoms with Crippen molar-refractivity contribution in [1.82, 2.24) is 0 Å². The number of carbonyl (C=O) groups excluding carboxylic acids is 1. The van der Waals surface area contributed by atoms with E-state index in [2.05, 4.69) is 0 Å². The van der Waals surface area contributed by atoms with Crippen molar-refractivity contribution in [3.8, 4) is 0 Å². The van der Waals surface area contributed by atoms with Crippen molar-refractivity contribution < 1.29 is 9.72 Å². The van der Waals surface area contributed by atoms with E-state index in [-0.39, 0.29) is 12.8 Å². The Morgan fingerprint density at radius 3 is 2.43 bits per heavy atom. The zero-order valence-corrected chi connectivity index (χ0v) is 8.76. The lowest BCUT2D eigenvalue weighted by atomic mass is 10.0. The zero-order chi connectivity index (χ0) is 10.6. The van der Waals surface area contributed by atoms with E-state index in [4.69, 9.17) is 11.6 Å². The molecule has 0 aromatic rings. The number of nitro groups is 1. The molecule has 0 N–H and O–H groups in total. The molecule has 1 rings (SSSR count). The first-order chi connectivity index (χ1) is 6.57. The number of hydrogen-bond acceptors (Lipinski definition) is 3. The number of rotatable bonds is 1. The largest absolute Gasteiger partial charge is 0.352 e. The molecule has 1 unspecified atom stereocenters. The summed E-state index contributed by atoms with van der Waals surface area (Å²) in [6.07, 6.45) is 4.73. The minimum Gasteiger partial charge on any atom is -0.290 e. The summed E-state index contributed by atoms with van der Waals surface area (Å²) in [5.41, 5.74) is 0. The first-order valence-electron chi connectivity index (χ1n) is 4.94. The number of nitrogens with zero attached hydrogens (tertiary/aromatic N) is 1. The van der Waals surface area contributed by atoms with E-state index >= 15 is 0 Å². The van der Waals surface area contributed by atoms with Crippen molar-refractivity contribution in [2.45, 2.75) is 49.9 Å². The third kappa shape index (κ3) is 2.44. The number of carbonyl (C=O) groups is 1. The van der Waals surface area contributed by atoms with E-state index < -0.39 is 15.7 Å². The standard InChI is InChI=1S/C9H14ClNO3/c10-9(11(13)14)7-5-3-1-2-4-6-8(9)12/h1-7H2. The molecule has 0 aromatic heterocycles. The maximum absolute atomic E-state index is 11.5. The maximum atomic E-state index is 11.5. The lowest BCUT2D eigenvalue weighted by Gasteiger charge is -2.15. The highest BCUT2D eigenvalue weighted by Gasteiger charge is 2.47. The fourth-order valence-corrected chi connectivity index (χ4v) is 1.93. The van der Waals surface area contributed by atoms with Crippen LogP contribution in [0, 0.1) is 10.1 Å². The van der Waals surface area contributed by atoms with Crippen LogP contribution in [-0.4, -0.2) is 15.7 Å². The minimum atomic E-state index is -1.84. The highest BCUT2D eigenvalue weighted by Crippen LogP contribution is 2.29. The van der Waals surface area contributed by atoms with E-state index in [0.717, 1.165) is 25.7 Å². The molecule has 1 aliphatic rings. The number of hydrogen-bond donors (Lipinski definition) is 0. The molecule has 5 heteroatoms. The van der Waals surface area contributed by atoms with E-state index in [9.17, 15) is 14.9 Å². The predicted molar refractivity (Wildman–Crippen MR) is 52.9 cm³/mol. The second-order valence-corrected chi connectivity index (χ2v) is 4.33. The summed E-state index contributed by atoms with van der Waals surface area (Å²) in [5.74, 6) is -0.425. The Hall–Kier alpha value is -0.640. The van der Waals surface area contributed by atoms with Gasteiger partial charge in [-0.2, -0.15) is 0 Å². The van der Waals surface area contributed by atoms with Crippen molar-refractivity contribution in [3.05, 3.63) is 10.1 Å². The first kappa shape index (κ1) is 11.4. The second-order valence-electron chi connectivity index (χ2n) is 3.71. The van der Waals surface area contributed by atoms with E-state index in [1.54, 1.807) is 0 Å². The molecule has 0 radical (unpaired) electrons. The van der Waals surface area contributed by atoms with Crippen LogP contribution in [0.4, 0.5) is 0 Å². The average Bonchev–Trinajstić information content (AvgIpc) is 2.21. The van der Waals surface area contributed by atoms with Crippen LogP contribution in [0.15, 0.2) is 0 Å². The molecule has 80 valence electrons. The molecule has 14 heavy (non-hydrogen) atoms.